The molecule has 1 aromatic carbocycles. The number of aromatic hydroxyl groups is 1. The minimum Gasteiger partial charge on any atom is -0.506 e. The third kappa shape index (κ3) is 2.50. The predicted octanol–water partition coefficient (Wildman–Crippen LogP) is 2.40. The van der Waals surface area contributed by atoms with E-state index in [1.165, 1.54) is 0 Å². The molecular weight excluding hydrogens is 304 g/mol. The van der Waals surface area contributed by atoms with Gasteiger partial charge in [-0.25, -0.2) is 0 Å². The highest BCUT2D eigenvalue weighted by Gasteiger charge is 2.27. The van der Waals surface area contributed by atoms with Gasteiger partial charge in [-0.2, -0.15) is 5.10 Å². The van der Waals surface area contributed by atoms with Crippen LogP contribution in [0.5, 0.6) is 5.75 Å². The number of benzene rings is 1. The number of phenolic OH excluding ortho intramolecular Hbond substituents is 1. The number of hydrogen-bond donors (Lipinski definition) is 3. The van der Waals surface area contributed by atoms with Gasteiger partial charge in [-0.1, -0.05) is 12.1 Å². The molecule has 3 N–H and O–H groups in total. The van der Waals surface area contributed by atoms with E-state index in [1.807, 2.05) is 18.2 Å². The molecule has 2 heterocycles. The van der Waals surface area contributed by atoms with Gasteiger partial charge in [0, 0.05) is 29.4 Å². The predicted molar refractivity (Wildman–Crippen MR) is 89.5 cm³/mol. The Balaban J connectivity index is 1.54. The number of aryl methyl sites for hydroxylation is 1. The number of amides is 1. The Kier molecular flexibility index (Phi) is 3.65. The van der Waals surface area contributed by atoms with Gasteiger partial charge in [-0.15, -0.1) is 0 Å². The zero-order valence-electron chi connectivity index (χ0n) is 13.1. The van der Waals surface area contributed by atoms with Gasteiger partial charge in [0.1, 0.15) is 11.3 Å². The first-order valence-electron chi connectivity index (χ1n) is 8.09. The number of aromatic nitrogens is 3. The molecule has 1 aliphatic rings. The number of H-pyrrole nitrogens is 1. The van der Waals surface area contributed by atoms with Crippen molar-refractivity contribution >= 4 is 16.8 Å². The molecule has 0 saturated heterocycles. The first-order chi connectivity index (χ1) is 11.7. The second-order valence-electron chi connectivity index (χ2n) is 6.11. The van der Waals surface area contributed by atoms with E-state index in [0.717, 1.165) is 41.5 Å². The Labute approximate surface area is 138 Å². The molecule has 0 spiro atoms. The molecule has 0 bridgehead atoms. The fraction of sp³-hybridized carbons (Fsp3) is 0.278. The number of hydrogen-bond acceptors (Lipinski definition) is 4. The van der Waals surface area contributed by atoms with Crippen molar-refractivity contribution in [3.8, 4) is 5.75 Å². The molecule has 6 nitrogen and oxygen atoms in total. The van der Waals surface area contributed by atoms with Gasteiger partial charge >= 0.3 is 0 Å². The number of nitrogens with one attached hydrogen (secondary N) is 2. The monoisotopic (exact) mass is 322 g/mol. The van der Waals surface area contributed by atoms with Crippen LogP contribution in [0.2, 0.25) is 0 Å². The van der Waals surface area contributed by atoms with E-state index >= 15 is 0 Å². The van der Waals surface area contributed by atoms with Crippen molar-refractivity contribution in [1.82, 2.24) is 20.5 Å². The molecule has 4 rings (SSSR count). The van der Waals surface area contributed by atoms with Crippen LogP contribution in [0.3, 0.4) is 0 Å². The number of fused-ring (bicyclic) bond motifs is 2. The molecule has 0 aliphatic heterocycles. The minimum atomic E-state index is -0.144. The van der Waals surface area contributed by atoms with E-state index in [2.05, 4.69) is 20.5 Å². The van der Waals surface area contributed by atoms with E-state index in [4.69, 9.17) is 0 Å². The van der Waals surface area contributed by atoms with Crippen molar-refractivity contribution in [2.24, 2.45) is 0 Å². The van der Waals surface area contributed by atoms with E-state index in [-0.39, 0.29) is 17.6 Å². The Morgan fingerprint density at radius 3 is 3.21 bits per heavy atom. The summed E-state index contributed by atoms with van der Waals surface area (Å²) in [6.45, 7) is 0.408. The lowest BCUT2D eigenvalue weighted by atomic mass is 9.86. The lowest BCUT2D eigenvalue weighted by molar-refractivity contribution is -0.123. The number of phenols is 1. The Morgan fingerprint density at radius 2 is 2.29 bits per heavy atom. The maximum Gasteiger partial charge on any atom is 0.227 e. The first kappa shape index (κ1) is 14.7. The summed E-state index contributed by atoms with van der Waals surface area (Å²) in [7, 11) is 0. The molecule has 3 aromatic rings. The standard InChI is InChI=1S/C18H18N4O2/c23-16-7-6-11(12-4-2-8-19-17(12)16)9-20-18(24)13-3-1-5-15-14(13)10-21-22-15/h2,4,6-8,10,13,23H,1,3,5,9H2,(H,20,24)(H,21,22). The zero-order chi connectivity index (χ0) is 16.5. The van der Waals surface area contributed by atoms with Crippen molar-refractivity contribution in [3.05, 3.63) is 53.5 Å². The summed E-state index contributed by atoms with van der Waals surface area (Å²) in [4.78, 5) is 16.8. The highest BCUT2D eigenvalue weighted by Crippen LogP contribution is 2.30. The Morgan fingerprint density at radius 1 is 1.38 bits per heavy atom. The van der Waals surface area contributed by atoms with Crippen LogP contribution >= 0.6 is 0 Å². The first-order valence-corrected chi connectivity index (χ1v) is 8.09. The lowest BCUT2D eigenvalue weighted by Crippen LogP contribution is -2.30. The van der Waals surface area contributed by atoms with E-state index in [9.17, 15) is 9.90 Å². The van der Waals surface area contributed by atoms with Crippen molar-refractivity contribution in [2.45, 2.75) is 31.7 Å². The van der Waals surface area contributed by atoms with Crippen LogP contribution in [-0.4, -0.2) is 26.2 Å². The summed E-state index contributed by atoms with van der Waals surface area (Å²) in [6, 6.07) is 7.17. The van der Waals surface area contributed by atoms with Crippen molar-refractivity contribution in [1.29, 1.82) is 0 Å². The summed E-state index contributed by atoms with van der Waals surface area (Å²) in [5, 5.41) is 20.8. The Bertz CT molecular complexity index is 903. The normalized spacial score (nSPS) is 16.8. The molecule has 24 heavy (non-hydrogen) atoms. The topological polar surface area (TPSA) is 90.9 Å². The third-order valence-electron chi connectivity index (χ3n) is 4.65. The third-order valence-corrected chi connectivity index (χ3v) is 4.65. The van der Waals surface area contributed by atoms with Crippen molar-refractivity contribution in [3.63, 3.8) is 0 Å². The van der Waals surface area contributed by atoms with Crippen LogP contribution in [0, 0.1) is 0 Å². The zero-order valence-corrected chi connectivity index (χ0v) is 13.1. The SMILES string of the molecule is O=C(NCc1ccc(O)c2ncccc12)C1CCCc2[nH]ncc21. The molecule has 2 aromatic heterocycles. The van der Waals surface area contributed by atoms with Crippen LogP contribution in [0.4, 0.5) is 0 Å². The quantitative estimate of drug-likeness (QED) is 0.690. The highest BCUT2D eigenvalue weighted by atomic mass is 16.3. The summed E-state index contributed by atoms with van der Waals surface area (Å²) in [5.41, 5.74) is 3.57. The highest BCUT2D eigenvalue weighted by molar-refractivity contribution is 5.88. The fourth-order valence-corrected chi connectivity index (χ4v) is 3.41. The van der Waals surface area contributed by atoms with Gasteiger partial charge in [0.2, 0.25) is 5.91 Å². The molecular formula is C18H18N4O2. The maximum atomic E-state index is 12.6. The molecule has 6 heteroatoms. The number of carbonyl (C=O) groups excluding carboxylic acids is 1. The van der Waals surface area contributed by atoms with Crippen LogP contribution in [0.15, 0.2) is 36.7 Å². The van der Waals surface area contributed by atoms with Gasteiger partial charge in [-0.05, 0) is 37.0 Å². The summed E-state index contributed by atoms with van der Waals surface area (Å²) < 4.78 is 0. The number of carbonyl (C=O) groups is 1. The summed E-state index contributed by atoms with van der Waals surface area (Å²) in [6.07, 6.45) is 6.19. The van der Waals surface area contributed by atoms with Gasteiger partial charge < -0.3 is 10.4 Å². The number of pyridine rings is 1. The smallest absolute Gasteiger partial charge is 0.227 e. The van der Waals surface area contributed by atoms with Crippen LogP contribution in [0.25, 0.3) is 10.9 Å². The number of nitrogens with zero attached hydrogens (tertiary/aromatic N) is 2. The minimum absolute atomic E-state index is 0.0162. The van der Waals surface area contributed by atoms with Gasteiger partial charge in [-0.3, -0.25) is 14.9 Å². The van der Waals surface area contributed by atoms with E-state index < -0.39 is 0 Å². The average Bonchev–Trinajstić information content (AvgIpc) is 3.10. The van der Waals surface area contributed by atoms with Crippen LogP contribution in [0.1, 0.15) is 35.6 Å². The fourth-order valence-electron chi connectivity index (χ4n) is 3.41. The van der Waals surface area contributed by atoms with E-state index in [0.29, 0.717) is 12.1 Å². The number of aromatic amines is 1. The molecule has 1 atom stereocenters. The van der Waals surface area contributed by atoms with Gasteiger partial charge in [0.05, 0.1) is 12.1 Å². The van der Waals surface area contributed by atoms with Gasteiger partial charge in [0.25, 0.3) is 0 Å². The molecule has 122 valence electrons. The molecule has 0 saturated carbocycles. The molecule has 1 unspecified atom stereocenters. The molecule has 1 aliphatic carbocycles. The molecule has 0 fully saturated rings. The van der Waals surface area contributed by atoms with Crippen molar-refractivity contribution in [2.75, 3.05) is 0 Å². The number of rotatable bonds is 3. The second kappa shape index (κ2) is 5.96. The van der Waals surface area contributed by atoms with Gasteiger partial charge in [0.15, 0.2) is 0 Å². The second-order valence-corrected chi connectivity index (χ2v) is 6.11. The lowest BCUT2D eigenvalue weighted by Gasteiger charge is -2.21. The summed E-state index contributed by atoms with van der Waals surface area (Å²) in [5.74, 6) is 0.0208. The molecule has 1 amide bonds. The largest absolute Gasteiger partial charge is 0.506 e. The maximum absolute atomic E-state index is 12.6. The molecule has 0 radical (unpaired) electrons. The summed E-state index contributed by atoms with van der Waals surface area (Å²) >= 11 is 0. The average molecular weight is 322 g/mol. The van der Waals surface area contributed by atoms with Crippen LogP contribution < -0.4 is 5.32 Å². The van der Waals surface area contributed by atoms with Crippen LogP contribution in [-0.2, 0) is 17.8 Å². The van der Waals surface area contributed by atoms with E-state index in [1.54, 1.807) is 18.5 Å². The van der Waals surface area contributed by atoms with Crippen molar-refractivity contribution < 1.29 is 9.90 Å². The Hall–Kier alpha value is -2.89.